The monoisotopic (exact) mass is 280 g/mol. The smallest absolute Gasteiger partial charge is 0.151 e. The third kappa shape index (κ3) is 2.92. The van der Waals surface area contributed by atoms with E-state index in [2.05, 4.69) is 31.5 Å². The first kappa shape index (κ1) is 13.3. The molecule has 1 N–H and O–H groups in total. The minimum atomic E-state index is 0.529. The lowest BCUT2D eigenvalue weighted by molar-refractivity contribution is 0.425. The number of nitrogens with zero attached hydrogens (tertiary/aromatic N) is 5. The summed E-state index contributed by atoms with van der Waals surface area (Å²) in [6.07, 6.45) is 1.69. The number of rotatable bonds is 4. The van der Waals surface area contributed by atoms with Gasteiger partial charge in [-0.1, -0.05) is 0 Å². The summed E-state index contributed by atoms with van der Waals surface area (Å²) in [7, 11) is 0. The first-order valence-corrected chi connectivity index (χ1v) is 6.90. The van der Waals surface area contributed by atoms with Gasteiger partial charge in [-0.15, -0.1) is 5.10 Å². The van der Waals surface area contributed by atoms with E-state index < -0.39 is 0 Å². The van der Waals surface area contributed by atoms with Crippen LogP contribution in [0.1, 0.15) is 11.3 Å². The maximum Gasteiger partial charge on any atom is 0.151 e. The fraction of sp³-hybridized carbons (Fsp3) is 0.333. The molecule has 1 fully saturated rings. The quantitative estimate of drug-likeness (QED) is 0.916. The molecule has 6 nitrogen and oxygen atoms in total. The van der Waals surface area contributed by atoms with Crippen LogP contribution in [-0.4, -0.2) is 34.8 Å². The third-order valence-electron chi connectivity index (χ3n) is 3.55. The SMILES string of the molecule is Cc1ccc(N2CC(CNc3ncccc3C#N)C2)nn1. The Balaban J connectivity index is 1.51. The molecule has 1 aliphatic rings. The Morgan fingerprint density at radius 2 is 2.19 bits per heavy atom. The Hall–Kier alpha value is -2.68. The number of hydrogen-bond acceptors (Lipinski definition) is 6. The maximum absolute atomic E-state index is 9.01. The standard InChI is InChI=1S/C15H16N6/c1-11-4-5-14(20-19-11)21-9-12(10-21)8-18-15-13(7-16)3-2-6-17-15/h2-6,12H,8-10H2,1H3,(H,17,18). The Labute approximate surface area is 123 Å². The zero-order valence-electron chi connectivity index (χ0n) is 11.8. The van der Waals surface area contributed by atoms with E-state index in [4.69, 9.17) is 5.26 Å². The minimum absolute atomic E-state index is 0.529. The van der Waals surface area contributed by atoms with E-state index in [1.165, 1.54) is 0 Å². The van der Waals surface area contributed by atoms with Crippen molar-refractivity contribution < 1.29 is 0 Å². The number of hydrogen-bond donors (Lipinski definition) is 1. The number of aryl methyl sites for hydroxylation is 1. The van der Waals surface area contributed by atoms with Gasteiger partial charge >= 0.3 is 0 Å². The largest absolute Gasteiger partial charge is 0.369 e. The van der Waals surface area contributed by atoms with Gasteiger partial charge in [0.1, 0.15) is 11.9 Å². The van der Waals surface area contributed by atoms with E-state index in [-0.39, 0.29) is 0 Å². The molecule has 0 saturated carbocycles. The molecule has 0 unspecified atom stereocenters. The molecule has 0 aliphatic carbocycles. The average molecular weight is 280 g/mol. The van der Waals surface area contributed by atoms with Crippen LogP contribution in [0.2, 0.25) is 0 Å². The molecule has 0 radical (unpaired) electrons. The van der Waals surface area contributed by atoms with Crippen molar-refractivity contribution in [3.05, 3.63) is 41.7 Å². The third-order valence-corrected chi connectivity index (χ3v) is 3.55. The van der Waals surface area contributed by atoms with Crippen molar-refractivity contribution >= 4 is 11.6 Å². The van der Waals surface area contributed by atoms with Crippen LogP contribution in [0, 0.1) is 24.2 Å². The van der Waals surface area contributed by atoms with E-state index in [9.17, 15) is 0 Å². The molecule has 6 heteroatoms. The molecule has 3 rings (SSSR count). The van der Waals surface area contributed by atoms with Gasteiger partial charge in [0.05, 0.1) is 11.3 Å². The van der Waals surface area contributed by atoms with Crippen LogP contribution in [-0.2, 0) is 0 Å². The molecule has 1 saturated heterocycles. The van der Waals surface area contributed by atoms with Gasteiger partial charge in [0.2, 0.25) is 0 Å². The van der Waals surface area contributed by atoms with Gasteiger partial charge in [-0.2, -0.15) is 10.4 Å². The Morgan fingerprint density at radius 3 is 2.90 bits per heavy atom. The second-order valence-electron chi connectivity index (χ2n) is 5.20. The number of anilines is 2. The number of nitriles is 1. The van der Waals surface area contributed by atoms with E-state index in [0.717, 1.165) is 31.1 Å². The summed E-state index contributed by atoms with van der Waals surface area (Å²) in [5, 5.41) is 20.5. The zero-order valence-corrected chi connectivity index (χ0v) is 11.8. The molecule has 106 valence electrons. The van der Waals surface area contributed by atoms with Crippen LogP contribution in [0.25, 0.3) is 0 Å². The van der Waals surface area contributed by atoms with Crippen molar-refractivity contribution in [1.82, 2.24) is 15.2 Å². The van der Waals surface area contributed by atoms with Crippen LogP contribution < -0.4 is 10.2 Å². The van der Waals surface area contributed by atoms with E-state index in [1.807, 2.05) is 19.1 Å². The molecule has 0 bridgehead atoms. The predicted molar refractivity (Wildman–Crippen MR) is 79.9 cm³/mol. The van der Waals surface area contributed by atoms with Gasteiger partial charge in [0, 0.05) is 31.7 Å². The second kappa shape index (κ2) is 5.75. The van der Waals surface area contributed by atoms with Crippen molar-refractivity contribution in [2.75, 3.05) is 29.9 Å². The molecule has 0 atom stereocenters. The van der Waals surface area contributed by atoms with Crippen LogP contribution in [0.4, 0.5) is 11.6 Å². The van der Waals surface area contributed by atoms with Gasteiger partial charge < -0.3 is 10.2 Å². The lowest BCUT2D eigenvalue weighted by atomic mass is 10.00. The van der Waals surface area contributed by atoms with Gasteiger partial charge in [-0.05, 0) is 31.2 Å². The predicted octanol–water partition coefficient (Wildman–Crippen LogP) is 1.60. The van der Waals surface area contributed by atoms with Crippen molar-refractivity contribution in [3.63, 3.8) is 0 Å². The Kier molecular flexibility index (Phi) is 3.65. The molecule has 0 aromatic carbocycles. The normalized spacial score (nSPS) is 14.4. The molecular weight excluding hydrogens is 264 g/mol. The average Bonchev–Trinajstić information content (AvgIpc) is 2.48. The van der Waals surface area contributed by atoms with Crippen molar-refractivity contribution in [2.24, 2.45) is 5.92 Å². The fourth-order valence-corrected chi connectivity index (χ4v) is 2.32. The molecule has 2 aromatic heterocycles. The second-order valence-corrected chi connectivity index (χ2v) is 5.20. The summed E-state index contributed by atoms with van der Waals surface area (Å²) < 4.78 is 0. The summed E-state index contributed by atoms with van der Waals surface area (Å²) in [4.78, 5) is 6.39. The van der Waals surface area contributed by atoms with Crippen molar-refractivity contribution in [2.45, 2.75) is 6.92 Å². The van der Waals surface area contributed by atoms with Crippen LogP contribution in [0.15, 0.2) is 30.5 Å². The Morgan fingerprint density at radius 1 is 1.33 bits per heavy atom. The topological polar surface area (TPSA) is 77.7 Å². The Bertz CT molecular complexity index is 655. The van der Waals surface area contributed by atoms with Crippen LogP contribution in [0.3, 0.4) is 0 Å². The zero-order chi connectivity index (χ0) is 14.7. The molecule has 0 spiro atoms. The lowest BCUT2D eigenvalue weighted by Gasteiger charge is -2.40. The van der Waals surface area contributed by atoms with Crippen molar-refractivity contribution in [1.29, 1.82) is 5.26 Å². The first-order chi connectivity index (χ1) is 10.3. The van der Waals surface area contributed by atoms with Gasteiger partial charge in [0.15, 0.2) is 5.82 Å². The van der Waals surface area contributed by atoms with E-state index in [0.29, 0.717) is 17.3 Å². The summed E-state index contributed by atoms with van der Waals surface area (Å²) in [5.41, 5.74) is 1.51. The highest BCUT2D eigenvalue weighted by atomic mass is 15.3. The summed E-state index contributed by atoms with van der Waals surface area (Å²) in [6, 6.07) is 9.65. The summed E-state index contributed by atoms with van der Waals surface area (Å²) in [6.45, 7) is 4.62. The highest BCUT2D eigenvalue weighted by molar-refractivity contribution is 5.51. The first-order valence-electron chi connectivity index (χ1n) is 6.90. The number of pyridine rings is 1. The molecular formula is C15H16N6. The van der Waals surface area contributed by atoms with Crippen LogP contribution >= 0.6 is 0 Å². The highest BCUT2D eigenvalue weighted by Gasteiger charge is 2.27. The number of nitrogens with one attached hydrogen (secondary N) is 1. The van der Waals surface area contributed by atoms with Gasteiger partial charge in [0.25, 0.3) is 0 Å². The fourth-order valence-electron chi connectivity index (χ4n) is 2.32. The summed E-state index contributed by atoms with van der Waals surface area (Å²) in [5.74, 6) is 2.11. The van der Waals surface area contributed by atoms with E-state index >= 15 is 0 Å². The molecule has 21 heavy (non-hydrogen) atoms. The van der Waals surface area contributed by atoms with Gasteiger partial charge in [-0.25, -0.2) is 4.98 Å². The molecule has 1 aliphatic heterocycles. The van der Waals surface area contributed by atoms with Crippen LogP contribution in [0.5, 0.6) is 0 Å². The summed E-state index contributed by atoms with van der Waals surface area (Å²) >= 11 is 0. The maximum atomic E-state index is 9.01. The molecule has 2 aromatic rings. The minimum Gasteiger partial charge on any atom is -0.369 e. The van der Waals surface area contributed by atoms with Crippen molar-refractivity contribution in [3.8, 4) is 6.07 Å². The molecule has 0 amide bonds. The van der Waals surface area contributed by atoms with E-state index in [1.54, 1.807) is 18.3 Å². The highest BCUT2D eigenvalue weighted by Crippen LogP contribution is 2.22. The lowest BCUT2D eigenvalue weighted by Crippen LogP contribution is -2.50. The van der Waals surface area contributed by atoms with Gasteiger partial charge in [-0.3, -0.25) is 0 Å². The molecule has 3 heterocycles. The number of aromatic nitrogens is 3.